The minimum Gasteiger partial charge on any atom is -0.459 e. The summed E-state index contributed by atoms with van der Waals surface area (Å²) in [5, 5.41) is 7.92. The number of anilines is 1. The van der Waals surface area contributed by atoms with Crippen molar-refractivity contribution in [3.8, 4) is 5.75 Å². The normalized spacial score (nSPS) is 24.2. The van der Waals surface area contributed by atoms with E-state index in [0.29, 0.717) is 29.9 Å². The molecule has 1 amide bonds. The van der Waals surface area contributed by atoms with Gasteiger partial charge in [0.1, 0.15) is 24.3 Å². The summed E-state index contributed by atoms with van der Waals surface area (Å²) in [6.45, 7) is 11.3. The molecular weight excluding hydrogens is 617 g/mol. The number of carbonyl (C=O) groups excluding carboxylic acids is 4. The van der Waals surface area contributed by atoms with Crippen LogP contribution in [-0.4, -0.2) is 51.8 Å². The summed E-state index contributed by atoms with van der Waals surface area (Å²) < 4.78 is 48.3. The van der Waals surface area contributed by atoms with Crippen molar-refractivity contribution in [3.63, 3.8) is 0 Å². The molecule has 3 aliphatic rings. The molecule has 10 nitrogen and oxygen atoms in total. The number of rotatable bonds is 11. The molecule has 1 aromatic heterocycles. The van der Waals surface area contributed by atoms with Crippen LogP contribution in [-0.2, 0) is 32.3 Å². The molecule has 13 heteroatoms. The Morgan fingerprint density at radius 2 is 1.94 bits per heavy atom. The van der Waals surface area contributed by atoms with Gasteiger partial charge >= 0.3 is 12.3 Å². The Labute approximate surface area is 271 Å². The molecule has 2 aromatic rings. The van der Waals surface area contributed by atoms with Gasteiger partial charge in [-0.15, -0.1) is 18.3 Å². The number of aromatic nitrogens is 3. The predicted molar refractivity (Wildman–Crippen MR) is 164 cm³/mol. The Morgan fingerprint density at radius 1 is 1.17 bits per heavy atom. The lowest BCUT2D eigenvalue weighted by molar-refractivity contribution is -0.274. The maximum Gasteiger partial charge on any atom is 0.573 e. The number of hydrogen-bond acceptors (Lipinski definition) is 8. The Kier molecular flexibility index (Phi) is 9.47. The first-order valence-electron chi connectivity index (χ1n) is 15.7. The van der Waals surface area contributed by atoms with Gasteiger partial charge in [0.15, 0.2) is 0 Å². The van der Waals surface area contributed by atoms with Crippen molar-refractivity contribution in [2.45, 2.75) is 85.2 Å². The van der Waals surface area contributed by atoms with Crippen LogP contribution >= 0.6 is 0 Å². The number of carbonyl (C=O) groups is 4. The molecule has 0 N–H and O–H groups in total. The molecule has 3 atom stereocenters. The van der Waals surface area contributed by atoms with Crippen molar-refractivity contribution >= 4 is 29.6 Å². The zero-order valence-corrected chi connectivity index (χ0v) is 26.8. The van der Waals surface area contributed by atoms with E-state index < -0.39 is 29.8 Å². The smallest absolute Gasteiger partial charge is 0.459 e. The Hall–Kier alpha value is -4.29. The molecule has 5 rings (SSSR count). The standard InChI is InChI=1S/C34H39F3N4O6/c1-21-6-11-28-32(2,3)12-5-13-33(28,4)26(21)9-7-22(19-42)16-29(43)46-20-23-18-40(39-38-23)14-15-41-27-10-8-24(47-34(35,36)37)17-25(27)30(44)31(41)45/h7-8,10,17-19,26,28H,1,5-6,9,11-16,20H2,2-4H3/b22-7+/t26-,28-,33+/m0/s1. The average molecular weight is 657 g/mol. The Bertz CT molecular complexity index is 1610. The Balaban J connectivity index is 1.13. The fourth-order valence-electron chi connectivity index (χ4n) is 7.93. The topological polar surface area (TPSA) is 121 Å². The van der Waals surface area contributed by atoms with Gasteiger partial charge in [-0.25, -0.2) is 0 Å². The molecule has 2 fully saturated rings. The van der Waals surface area contributed by atoms with E-state index in [1.807, 2.05) is 6.08 Å². The van der Waals surface area contributed by atoms with E-state index in [0.717, 1.165) is 36.3 Å². The largest absolute Gasteiger partial charge is 0.573 e. The lowest BCUT2D eigenvalue weighted by atomic mass is 9.47. The highest BCUT2D eigenvalue weighted by Gasteiger charge is 2.52. The minimum atomic E-state index is -4.94. The summed E-state index contributed by atoms with van der Waals surface area (Å²) in [5.41, 5.74) is 2.22. The van der Waals surface area contributed by atoms with Gasteiger partial charge in [0, 0.05) is 6.54 Å². The molecule has 47 heavy (non-hydrogen) atoms. The molecule has 0 radical (unpaired) electrons. The van der Waals surface area contributed by atoms with Gasteiger partial charge in [0.2, 0.25) is 0 Å². The van der Waals surface area contributed by atoms with Gasteiger partial charge in [-0.1, -0.05) is 50.6 Å². The maximum absolute atomic E-state index is 12.6. The van der Waals surface area contributed by atoms with Crippen LogP contribution in [0.25, 0.3) is 0 Å². The number of ether oxygens (including phenoxy) is 2. The molecule has 0 bridgehead atoms. The third-order valence-electron chi connectivity index (χ3n) is 10.1. The summed E-state index contributed by atoms with van der Waals surface area (Å²) in [7, 11) is 0. The summed E-state index contributed by atoms with van der Waals surface area (Å²) in [6.07, 6.45) is 5.19. The first-order valence-corrected chi connectivity index (χ1v) is 15.7. The number of Topliss-reactive ketones (excluding diaryl/α,β-unsaturated/α-hetero) is 1. The summed E-state index contributed by atoms with van der Waals surface area (Å²) >= 11 is 0. The number of hydrogen-bond donors (Lipinski definition) is 0. The number of alkyl halides is 3. The fourth-order valence-corrected chi connectivity index (χ4v) is 7.93. The van der Waals surface area contributed by atoms with Gasteiger partial charge in [0.25, 0.3) is 11.7 Å². The molecule has 2 saturated carbocycles. The molecule has 2 heterocycles. The number of amides is 1. The van der Waals surface area contributed by atoms with E-state index in [1.165, 1.54) is 35.4 Å². The molecule has 2 aliphatic carbocycles. The maximum atomic E-state index is 12.6. The second kappa shape index (κ2) is 13.1. The second-order valence-electron chi connectivity index (χ2n) is 13.6. The highest BCUT2D eigenvalue weighted by molar-refractivity contribution is 6.52. The number of halogens is 3. The number of esters is 1. The minimum absolute atomic E-state index is 0.0160. The van der Waals surface area contributed by atoms with Crippen molar-refractivity contribution < 1.29 is 41.8 Å². The summed E-state index contributed by atoms with van der Waals surface area (Å²) in [6, 6.07) is 3.13. The molecule has 0 spiro atoms. The van der Waals surface area contributed by atoms with E-state index in [-0.39, 0.29) is 54.1 Å². The number of aldehydes is 1. The van der Waals surface area contributed by atoms with Crippen molar-refractivity contribution in [2.24, 2.45) is 22.7 Å². The molecule has 1 aliphatic heterocycles. The van der Waals surface area contributed by atoms with Crippen molar-refractivity contribution in [3.05, 3.63) is 59.5 Å². The van der Waals surface area contributed by atoms with E-state index in [2.05, 4.69) is 42.4 Å². The number of ketones is 1. The van der Waals surface area contributed by atoms with Gasteiger partial charge in [0.05, 0.1) is 30.4 Å². The zero-order chi connectivity index (χ0) is 34.1. The van der Waals surface area contributed by atoms with Gasteiger partial charge < -0.3 is 14.4 Å². The van der Waals surface area contributed by atoms with E-state index >= 15 is 0 Å². The summed E-state index contributed by atoms with van der Waals surface area (Å²) in [5.74, 6) is -2.20. The SMILES string of the molecule is C=C1CC[C@H]2C(C)(C)CCC[C@]2(C)[C@H]1C/C=C(/C=O)CC(=O)OCc1cn(CCN2C(=O)C(=O)c3cc(OC(F)(F)F)ccc32)nn1. The zero-order valence-electron chi connectivity index (χ0n) is 26.8. The highest BCUT2D eigenvalue weighted by Crippen LogP contribution is 2.61. The van der Waals surface area contributed by atoms with Crippen molar-refractivity contribution in [1.29, 1.82) is 0 Å². The predicted octanol–water partition coefficient (Wildman–Crippen LogP) is 6.15. The van der Waals surface area contributed by atoms with E-state index in [4.69, 9.17) is 4.74 Å². The van der Waals surface area contributed by atoms with Crippen molar-refractivity contribution in [2.75, 3.05) is 11.4 Å². The number of nitrogens with zero attached hydrogens (tertiary/aromatic N) is 4. The molecular formula is C34H39F3N4O6. The van der Waals surface area contributed by atoms with E-state index in [1.54, 1.807) is 0 Å². The third-order valence-corrected chi connectivity index (χ3v) is 10.1. The van der Waals surface area contributed by atoms with Crippen molar-refractivity contribution in [1.82, 2.24) is 15.0 Å². The van der Waals surface area contributed by atoms with Crippen LogP contribution in [0.1, 0.15) is 81.8 Å². The van der Waals surface area contributed by atoms with Crippen LogP contribution in [0.15, 0.2) is 48.2 Å². The summed E-state index contributed by atoms with van der Waals surface area (Å²) in [4.78, 5) is 50.5. The van der Waals surface area contributed by atoms with Gasteiger partial charge in [-0.2, -0.15) is 0 Å². The van der Waals surface area contributed by atoms with Crippen LogP contribution in [0.5, 0.6) is 5.75 Å². The van der Waals surface area contributed by atoms with Crippen LogP contribution in [0.4, 0.5) is 18.9 Å². The quantitative estimate of drug-likeness (QED) is 0.0929. The Morgan fingerprint density at radius 3 is 2.66 bits per heavy atom. The first kappa shape index (κ1) is 34.1. The van der Waals surface area contributed by atoms with Crippen LogP contribution < -0.4 is 9.64 Å². The van der Waals surface area contributed by atoms with Crippen LogP contribution in [0.2, 0.25) is 0 Å². The monoisotopic (exact) mass is 656 g/mol. The van der Waals surface area contributed by atoms with Gasteiger partial charge in [-0.3, -0.25) is 23.9 Å². The number of benzene rings is 1. The van der Waals surface area contributed by atoms with Gasteiger partial charge in [-0.05, 0) is 78.5 Å². The number of allylic oxidation sites excluding steroid dienone is 2. The van der Waals surface area contributed by atoms with E-state index in [9.17, 15) is 32.3 Å². The lowest BCUT2D eigenvalue weighted by Crippen LogP contribution is -2.49. The lowest BCUT2D eigenvalue weighted by Gasteiger charge is -2.58. The average Bonchev–Trinajstić information content (AvgIpc) is 3.54. The third kappa shape index (κ3) is 7.33. The highest BCUT2D eigenvalue weighted by atomic mass is 19.4. The molecule has 0 saturated heterocycles. The molecule has 0 unspecified atom stereocenters. The van der Waals surface area contributed by atoms with Crippen LogP contribution in [0, 0.1) is 22.7 Å². The second-order valence-corrected chi connectivity index (χ2v) is 13.6. The molecule has 1 aromatic carbocycles. The fraction of sp³-hybridized carbons (Fsp3) is 0.529. The van der Waals surface area contributed by atoms with Crippen LogP contribution in [0.3, 0.4) is 0 Å². The first-order chi connectivity index (χ1) is 22.1. The molecule has 252 valence electrons. The number of fused-ring (bicyclic) bond motifs is 2.